The Morgan fingerprint density at radius 2 is 2.07 bits per heavy atom. The van der Waals surface area contributed by atoms with E-state index < -0.39 is 18.5 Å². The molecule has 0 aromatic carbocycles. The van der Waals surface area contributed by atoms with Crippen LogP contribution in [-0.4, -0.2) is 17.2 Å². The van der Waals surface area contributed by atoms with Gasteiger partial charge in [0, 0.05) is 0 Å². The summed E-state index contributed by atoms with van der Waals surface area (Å²) in [6.45, 7) is -0.590. The Balaban J connectivity index is 3.14. The number of hydrogen-bond donors (Lipinski definition) is 1. The molecule has 0 aliphatic heterocycles. The maximum atomic E-state index is 12.2. The molecule has 6 heteroatoms. The van der Waals surface area contributed by atoms with Crippen LogP contribution in [0.3, 0.4) is 0 Å². The first kappa shape index (κ1) is 10.8. The minimum Gasteiger partial charge on any atom is -0.495 e. The van der Waals surface area contributed by atoms with Gasteiger partial charge >= 0.3 is 6.18 Å². The van der Waals surface area contributed by atoms with Crippen LogP contribution in [0.2, 0.25) is 0 Å². The standard InChI is InChI=1S/C8H8F3NO2/c1-14-6-2-3-7(8(9,10)11)12-5(6)4-13/h2-3,13H,4H2,1H3. The molecule has 0 radical (unpaired) electrons. The highest BCUT2D eigenvalue weighted by Gasteiger charge is 2.33. The molecular formula is C8H8F3NO2. The predicted octanol–water partition coefficient (Wildman–Crippen LogP) is 1.60. The van der Waals surface area contributed by atoms with Crippen LogP contribution in [0.1, 0.15) is 11.4 Å². The van der Waals surface area contributed by atoms with E-state index in [1.165, 1.54) is 7.11 Å². The second-order valence-electron chi connectivity index (χ2n) is 2.50. The summed E-state index contributed by atoms with van der Waals surface area (Å²) < 4.78 is 41.2. The molecule has 3 nitrogen and oxygen atoms in total. The molecule has 1 aromatic heterocycles. The molecule has 0 fully saturated rings. The maximum absolute atomic E-state index is 12.2. The van der Waals surface area contributed by atoms with Gasteiger partial charge in [-0.05, 0) is 12.1 Å². The summed E-state index contributed by atoms with van der Waals surface area (Å²) in [6, 6.07) is 1.93. The zero-order valence-corrected chi connectivity index (χ0v) is 7.30. The van der Waals surface area contributed by atoms with E-state index in [0.29, 0.717) is 0 Å². The van der Waals surface area contributed by atoms with Crippen molar-refractivity contribution in [3.8, 4) is 5.75 Å². The van der Waals surface area contributed by atoms with Crippen molar-refractivity contribution in [1.29, 1.82) is 0 Å². The molecule has 0 bridgehead atoms. The Morgan fingerprint density at radius 1 is 1.43 bits per heavy atom. The van der Waals surface area contributed by atoms with Crippen LogP contribution >= 0.6 is 0 Å². The fraction of sp³-hybridized carbons (Fsp3) is 0.375. The molecule has 1 aromatic rings. The summed E-state index contributed by atoms with van der Waals surface area (Å²) in [5.41, 5.74) is -1.16. The Morgan fingerprint density at radius 3 is 2.50 bits per heavy atom. The van der Waals surface area contributed by atoms with Crippen LogP contribution < -0.4 is 4.74 Å². The molecule has 0 saturated heterocycles. The van der Waals surface area contributed by atoms with Gasteiger partial charge in [-0.15, -0.1) is 0 Å². The average molecular weight is 207 g/mol. The predicted molar refractivity (Wildman–Crippen MR) is 41.7 cm³/mol. The van der Waals surface area contributed by atoms with Crippen LogP contribution in [0, 0.1) is 0 Å². The van der Waals surface area contributed by atoms with Crippen molar-refractivity contribution < 1.29 is 23.0 Å². The van der Waals surface area contributed by atoms with Crippen LogP contribution in [0.4, 0.5) is 13.2 Å². The Hall–Kier alpha value is -1.30. The third kappa shape index (κ3) is 2.14. The van der Waals surface area contributed by atoms with Crippen molar-refractivity contribution in [1.82, 2.24) is 4.98 Å². The van der Waals surface area contributed by atoms with E-state index >= 15 is 0 Å². The molecule has 0 spiro atoms. The molecule has 1 rings (SSSR count). The van der Waals surface area contributed by atoms with Gasteiger partial charge in [-0.3, -0.25) is 0 Å². The summed E-state index contributed by atoms with van der Waals surface area (Å²) in [5.74, 6) is 0.139. The lowest BCUT2D eigenvalue weighted by atomic mass is 10.3. The largest absolute Gasteiger partial charge is 0.495 e. The van der Waals surface area contributed by atoms with E-state index in [2.05, 4.69) is 4.98 Å². The maximum Gasteiger partial charge on any atom is 0.433 e. The molecule has 1 heterocycles. The van der Waals surface area contributed by atoms with Gasteiger partial charge in [-0.1, -0.05) is 0 Å². The van der Waals surface area contributed by atoms with E-state index in [1.807, 2.05) is 0 Å². The van der Waals surface area contributed by atoms with Gasteiger partial charge in [0.2, 0.25) is 0 Å². The SMILES string of the molecule is COc1ccc(C(F)(F)F)nc1CO. The number of nitrogens with zero attached hydrogens (tertiary/aromatic N) is 1. The van der Waals surface area contributed by atoms with Crippen LogP contribution in [0.25, 0.3) is 0 Å². The van der Waals surface area contributed by atoms with Crippen molar-refractivity contribution in [2.24, 2.45) is 0 Å². The van der Waals surface area contributed by atoms with E-state index in [1.54, 1.807) is 0 Å². The topological polar surface area (TPSA) is 42.4 Å². The average Bonchev–Trinajstić information content (AvgIpc) is 2.15. The number of ether oxygens (including phenoxy) is 1. The molecule has 78 valence electrons. The Bertz CT molecular complexity index is 325. The second kappa shape index (κ2) is 3.83. The fourth-order valence-corrected chi connectivity index (χ4v) is 0.946. The highest BCUT2D eigenvalue weighted by atomic mass is 19.4. The first-order chi connectivity index (χ1) is 6.49. The number of rotatable bonds is 2. The quantitative estimate of drug-likeness (QED) is 0.800. The van der Waals surface area contributed by atoms with E-state index in [4.69, 9.17) is 9.84 Å². The van der Waals surface area contributed by atoms with Crippen molar-refractivity contribution in [2.45, 2.75) is 12.8 Å². The van der Waals surface area contributed by atoms with Crippen LogP contribution in [-0.2, 0) is 12.8 Å². The molecule has 0 aliphatic carbocycles. The number of hydrogen-bond acceptors (Lipinski definition) is 3. The summed E-state index contributed by atoms with van der Waals surface area (Å²) >= 11 is 0. The fourth-order valence-electron chi connectivity index (χ4n) is 0.946. The molecule has 0 unspecified atom stereocenters. The number of halogens is 3. The summed E-state index contributed by atoms with van der Waals surface area (Å²) in [7, 11) is 1.30. The summed E-state index contributed by atoms with van der Waals surface area (Å²) in [6.07, 6.45) is -4.50. The number of pyridine rings is 1. The van der Waals surface area contributed by atoms with Crippen molar-refractivity contribution in [3.05, 3.63) is 23.5 Å². The Kier molecular flexibility index (Phi) is 2.95. The molecular weight excluding hydrogens is 199 g/mol. The first-order valence-corrected chi connectivity index (χ1v) is 3.71. The van der Waals surface area contributed by atoms with Gasteiger partial charge in [-0.25, -0.2) is 4.98 Å². The lowest BCUT2D eigenvalue weighted by molar-refractivity contribution is -0.141. The van der Waals surface area contributed by atoms with Crippen LogP contribution in [0.15, 0.2) is 12.1 Å². The van der Waals surface area contributed by atoms with Gasteiger partial charge in [-0.2, -0.15) is 13.2 Å². The Labute approximate surface area is 78.2 Å². The second-order valence-corrected chi connectivity index (χ2v) is 2.50. The van der Waals surface area contributed by atoms with Gasteiger partial charge < -0.3 is 9.84 Å². The monoisotopic (exact) mass is 207 g/mol. The van der Waals surface area contributed by atoms with Crippen LogP contribution in [0.5, 0.6) is 5.75 Å². The van der Waals surface area contributed by atoms with E-state index in [-0.39, 0.29) is 11.4 Å². The highest BCUT2D eigenvalue weighted by Crippen LogP contribution is 2.29. The summed E-state index contributed by atoms with van der Waals surface area (Å²) in [4.78, 5) is 3.23. The normalized spacial score (nSPS) is 11.5. The van der Waals surface area contributed by atoms with Crippen molar-refractivity contribution in [3.63, 3.8) is 0 Å². The van der Waals surface area contributed by atoms with Crippen molar-refractivity contribution >= 4 is 0 Å². The van der Waals surface area contributed by atoms with Gasteiger partial charge in [0.25, 0.3) is 0 Å². The third-order valence-corrected chi connectivity index (χ3v) is 1.59. The zero-order valence-electron chi connectivity index (χ0n) is 7.30. The molecule has 14 heavy (non-hydrogen) atoms. The highest BCUT2D eigenvalue weighted by molar-refractivity contribution is 5.29. The molecule has 1 N–H and O–H groups in total. The summed E-state index contributed by atoms with van der Waals surface area (Å²) in [5, 5.41) is 8.73. The van der Waals surface area contributed by atoms with Gasteiger partial charge in [0.15, 0.2) is 0 Å². The van der Waals surface area contributed by atoms with Gasteiger partial charge in [0.05, 0.1) is 13.7 Å². The number of alkyl halides is 3. The molecule has 0 amide bonds. The lowest BCUT2D eigenvalue weighted by Gasteiger charge is -2.09. The number of aromatic nitrogens is 1. The molecule has 0 saturated carbocycles. The third-order valence-electron chi connectivity index (χ3n) is 1.59. The lowest BCUT2D eigenvalue weighted by Crippen LogP contribution is -2.10. The molecule has 0 atom stereocenters. The minimum absolute atomic E-state index is 0.123. The minimum atomic E-state index is -4.50. The number of aliphatic hydroxyl groups excluding tert-OH is 1. The first-order valence-electron chi connectivity index (χ1n) is 3.71. The number of aliphatic hydroxyl groups is 1. The molecule has 0 aliphatic rings. The van der Waals surface area contributed by atoms with Gasteiger partial charge in [0.1, 0.15) is 17.1 Å². The van der Waals surface area contributed by atoms with E-state index in [9.17, 15) is 13.2 Å². The zero-order chi connectivity index (χ0) is 10.8. The van der Waals surface area contributed by atoms with E-state index in [0.717, 1.165) is 12.1 Å². The van der Waals surface area contributed by atoms with Crippen molar-refractivity contribution in [2.75, 3.05) is 7.11 Å². The number of methoxy groups -OCH3 is 1. The smallest absolute Gasteiger partial charge is 0.433 e.